The minimum atomic E-state index is -1.48. The quantitative estimate of drug-likeness (QED) is 0.349. The van der Waals surface area contributed by atoms with Gasteiger partial charge in [0.1, 0.15) is 5.60 Å². The van der Waals surface area contributed by atoms with Gasteiger partial charge in [0, 0.05) is 0 Å². The Bertz CT molecular complexity index is 1030. The first-order chi connectivity index (χ1) is 15.5. The van der Waals surface area contributed by atoms with Crippen LogP contribution >= 0.6 is 0 Å². The number of nitrogens with zero attached hydrogens (tertiary/aromatic N) is 1. The molecule has 0 spiro atoms. The minimum absolute atomic E-state index is 0.466. The Morgan fingerprint density at radius 1 is 0.562 bits per heavy atom. The first kappa shape index (κ1) is 22.0. The molecule has 4 aromatic carbocycles. The van der Waals surface area contributed by atoms with E-state index in [0.29, 0.717) is 0 Å². The average molecular weight is 424 g/mol. The fraction of sp³-hybridized carbons (Fsp3) is 0.172. The van der Waals surface area contributed by atoms with E-state index in [2.05, 4.69) is 0 Å². The van der Waals surface area contributed by atoms with Gasteiger partial charge in [-0.25, -0.2) is 0 Å². The summed E-state index contributed by atoms with van der Waals surface area (Å²) in [5.74, 6) is 0. The van der Waals surface area contributed by atoms with Crippen LogP contribution in [0.4, 0.5) is 0 Å². The fourth-order valence-corrected chi connectivity index (χ4v) is 4.47. The molecule has 0 heterocycles. The van der Waals surface area contributed by atoms with Gasteiger partial charge in [0.15, 0.2) is 0 Å². The monoisotopic (exact) mass is 423 g/mol. The van der Waals surface area contributed by atoms with Crippen molar-refractivity contribution >= 4 is 0 Å². The maximum atomic E-state index is 12.4. The van der Waals surface area contributed by atoms with Crippen LogP contribution in [0.25, 0.3) is 0 Å². The fourth-order valence-electron chi connectivity index (χ4n) is 4.47. The zero-order valence-electron chi connectivity index (χ0n) is 18.5. The van der Waals surface area contributed by atoms with Crippen molar-refractivity contribution in [3.05, 3.63) is 144 Å². The van der Waals surface area contributed by atoms with Crippen molar-refractivity contribution in [2.75, 3.05) is 0 Å². The highest BCUT2D eigenvalue weighted by molar-refractivity contribution is 5.41. The zero-order valence-corrected chi connectivity index (χ0v) is 18.5. The molecule has 0 aliphatic rings. The molecule has 0 fully saturated rings. The number of aliphatic hydroxyl groups is 1. The summed E-state index contributed by atoms with van der Waals surface area (Å²) in [7, 11) is 0. The predicted molar refractivity (Wildman–Crippen MR) is 128 cm³/mol. The average Bonchev–Trinajstić information content (AvgIpc) is 2.86. The molecule has 4 aromatic rings. The SMILES string of the molecule is CC(C)(N(O)C(c1ccccc1)c1ccccc1)C(O)(c1ccccc1)c1ccccc1. The summed E-state index contributed by atoms with van der Waals surface area (Å²) >= 11 is 0. The summed E-state index contributed by atoms with van der Waals surface area (Å²) in [4.78, 5) is 0. The van der Waals surface area contributed by atoms with Crippen molar-refractivity contribution in [2.24, 2.45) is 0 Å². The van der Waals surface area contributed by atoms with E-state index in [0.717, 1.165) is 22.3 Å². The number of hydrogen-bond donors (Lipinski definition) is 2. The molecule has 0 saturated carbocycles. The lowest BCUT2D eigenvalue weighted by atomic mass is 9.71. The first-order valence-corrected chi connectivity index (χ1v) is 10.9. The van der Waals surface area contributed by atoms with E-state index < -0.39 is 17.2 Å². The van der Waals surface area contributed by atoms with Crippen LogP contribution in [0.15, 0.2) is 121 Å². The lowest BCUT2D eigenvalue weighted by Gasteiger charge is -2.50. The zero-order chi connectivity index (χ0) is 22.6. The van der Waals surface area contributed by atoms with E-state index in [1.54, 1.807) is 0 Å². The Labute approximate surface area is 190 Å². The normalized spacial score (nSPS) is 12.3. The van der Waals surface area contributed by atoms with Crippen LogP contribution in [0.5, 0.6) is 0 Å². The van der Waals surface area contributed by atoms with Crippen LogP contribution in [0, 0.1) is 0 Å². The van der Waals surface area contributed by atoms with Crippen molar-refractivity contribution in [1.82, 2.24) is 5.06 Å². The Hall–Kier alpha value is -3.24. The topological polar surface area (TPSA) is 43.7 Å². The van der Waals surface area contributed by atoms with Gasteiger partial charge >= 0.3 is 0 Å². The molecule has 0 amide bonds. The third-order valence-corrected chi connectivity index (χ3v) is 6.32. The van der Waals surface area contributed by atoms with Gasteiger partial charge in [-0.15, -0.1) is 0 Å². The largest absolute Gasteiger partial charge is 0.378 e. The van der Waals surface area contributed by atoms with Crippen molar-refractivity contribution in [3.8, 4) is 0 Å². The lowest BCUT2D eigenvalue weighted by molar-refractivity contribution is -0.237. The van der Waals surface area contributed by atoms with Crippen molar-refractivity contribution in [1.29, 1.82) is 0 Å². The van der Waals surface area contributed by atoms with Gasteiger partial charge in [-0.3, -0.25) is 0 Å². The second-order valence-electron chi connectivity index (χ2n) is 8.57. The summed E-state index contributed by atoms with van der Waals surface area (Å²) in [5, 5.41) is 25.6. The van der Waals surface area contributed by atoms with Gasteiger partial charge in [0.05, 0.1) is 11.6 Å². The van der Waals surface area contributed by atoms with Crippen molar-refractivity contribution < 1.29 is 10.3 Å². The maximum Gasteiger partial charge on any atom is 0.135 e. The van der Waals surface area contributed by atoms with E-state index >= 15 is 0 Å². The molecule has 0 aliphatic carbocycles. The molecule has 0 unspecified atom stereocenters. The van der Waals surface area contributed by atoms with E-state index in [-0.39, 0.29) is 0 Å². The Morgan fingerprint density at radius 2 is 0.875 bits per heavy atom. The molecular weight excluding hydrogens is 394 g/mol. The van der Waals surface area contributed by atoms with Gasteiger partial charge < -0.3 is 10.3 Å². The van der Waals surface area contributed by atoms with Gasteiger partial charge in [-0.05, 0) is 36.1 Å². The first-order valence-electron chi connectivity index (χ1n) is 10.9. The summed E-state index contributed by atoms with van der Waals surface area (Å²) < 4.78 is 0. The summed E-state index contributed by atoms with van der Waals surface area (Å²) in [6.07, 6.45) is 0. The maximum absolute atomic E-state index is 12.4. The summed E-state index contributed by atoms with van der Waals surface area (Å²) in [6.45, 7) is 3.76. The highest BCUT2D eigenvalue weighted by atomic mass is 16.5. The Kier molecular flexibility index (Phi) is 6.24. The highest BCUT2D eigenvalue weighted by Gasteiger charge is 2.52. The molecule has 0 aromatic heterocycles. The molecule has 0 radical (unpaired) electrons. The molecule has 0 bridgehead atoms. The van der Waals surface area contributed by atoms with Crippen LogP contribution in [0.1, 0.15) is 42.1 Å². The van der Waals surface area contributed by atoms with Crippen LogP contribution in [0.2, 0.25) is 0 Å². The molecule has 0 saturated heterocycles. The molecule has 0 aliphatic heterocycles. The van der Waals surface area contributed by atoms with Gasteiger partial charge in [0.2, 0.25) is 0 Å². The Balaban J connectivity index is 1.89. The third kappa shape index (κ3) is 3.87. The van der Waals surface area contributed by atoms with E-state index in [1.807, 2.05) is 135 Å². The van der Waals surface area contributed by atoms with Gasteiger partial charge in [-0.2, -0.15) is 5.06 Å². The number of rotatable bonds is 7. The second kappa shape index (κ2) is 9.09. The molecule has 32 heavy (non-hydrogen) atoms. The third-order valence-electron chi connectivity index (χ3n) is 6.32. The summed E-state index contributed by atoms with van der Waals surface area (Å²) in [6, 6.07) is 38.4. The second-order valence-corrected chi connectivity index (χ2v) is 8.57. The van der Waals surface area contributed by atoms with Crippen LogP contribution in [0.3, 0.4) is 0 Å². The highest BCUT2D eigenvalue weighted by Crippen LogP contribution is 2.46. The van der Waals surface area contributed by atoms with Crippen LogP contribution in [-0.2, 0) is 5.60 Å². The van der Waals surface area contributed by atoms with Gasteiger partial charge in [0.25, 0.3) is 0 Å². The van der Waals surface area contributed by atoms with Crippen LogP contribution < -0.4 is 0 Å². The van der Waals surface area contributed by atoms with Gasteiger partial charge in [-0.1, -0.05) is 121 Å². The predicted octanol–water partition coefficient (Wildman–Crippen LogP) is 6.18. The molecule has 3 heteroatoms. The van der Waals surface area contributed by atoms with Crippen molar-refractivity contribution in [3.63, 3.8) is 0 Å². The lowest BCUT2D eigenvalue weighted by Crippen LogP contribution is -2.59. The molecule has 162 valence electrons. The minimum Gasteiger partial charge on any atom is -0.378 e. The number of benzene rings is 4. The number of hydroxylamine groups is 2. The smallest absolute Gasteiger partial charge is 0.135 e. The summed E-state index contributed by atoms with van der Waals surface area (Å²) in [5.41, 5.74) is 0.735. The molecular formula is C29H29NO2. The Morgan fingerprint density at radius 3 is 1.22 bits per heavy atom. The standard InChI is InChI=1S/C29H29NO2/c1-28(2,29(31,25-19-11-5-12-20-25)26-21-13-6-14-22-26)30(32)27(23-15-7-3-8-16-23)24-17-9-4-10-18-24/h3-22,27,31-32H,1-2H3. The van der Waals surface area contributed by atoms with E-state index in [9.17, 15) is 10.3 Å². The molecule has 0 atom stereocenters. The molecule has 3 nitrogen and oxygen atoms in total. The molecule has 4 rings (SSSR count). The van der Waals surface area contributed by atoms with Crippen molar-refractivity contribution in [2.45, 2.75) is 31.0 Å². The van der Waals surface area contributed by atoms with E-state index in [4.69, 9.17) is 0 Å². The van der Waals surface area contributed by atoms with E-state index in [1.165, 1.54) is 5.06 Å². The van der Waals surface area contributed by atoms with Crippen LogP contribution in [-0.4, -0.2) is 20.9 Å². The molecule has 2 N–H and O–H groups in total. The number of hydrogen-bond acceptors (Lipinski definition) is 3.